The number of hydrogen-bond donors (Lipinski definition) is 1. The second-order valence-corrected chi connectivity index (χ2v) is 7.70. The third kappa shape index (κ3) is 6.12. The third-order valence-corrected chi connectivity index (χ3v) is 5.22. The average Bonchev–Trinajstić information content (AvgIpc) is 2.80. The van der Waals surface area contributed by atoms with Crippen molar-refractivity contribution in [1.29, 1.82) is 0 Å². The van der Waals surface area contributed by atoms with Gasteiger partial charge in [0, 0.05) is 25.4 Å². The topological polar surface area (TPSA) is 71.0 Å². The van der Waals surface area contributed by atoms with Crippen LogP contribution in [0.2, 0.25) is 0 Å². The molecule has 1 aromatic rings. The van der Waals surface area contributed by atoms with E-state index < -0.39 is 5.60 Å². The molecule has 164 valence electrons. The monoisotopic (exact) mass is 421 g/mol. The van der Waals surface area contributed by atoms with E-state index in [2.05, 4.69) is 16.9 Å². The molecule has 0 radical (unpaired) electrons. The van der Waals surface area contributed by atoms with Gasteiger partial charge in [0.1, 0.15) is 6.29 Å². The molecule has 0 bridgehead atoms. The van der Waals surface area contributed by atoms with Crippen LogP contribution < -0.4 is 5.32 Å². The third-order valence-electron chi connectivity index (χ3n) is 5.22. The number of allylic oxidation sites excluding steroid dienone is 3. The van der Waals surface area contributed by atoms with Crippen LogP contribution in [0.3, 0.4) is 0 Å². The fourth-order valence-corrected chi connectivity index (χ4v) is 3.50. The van der Waals surface area contributed by atoms with Gasteiger partial charge < -0.3 is 15.0 Å². The fourth-order valence-electron chi connectivity index (χ4n) is 3.50. The molecule has 0 spiro atoms. The van der Waals surface area contributed by atoms with Crippen LogP contribution in [0, 0.1) is 0 Å². The number of carbonyl (C=O) groups is 2. The molecule has 1 amide bonds. The number of methoxy groups -OCH3 is 1. The molecule has 0 aliphatic carbocycles. The minimum absolute atomic E-state index is 0.187. The predicted octanol–water partition coefficient (Wildman–Crippen LogP) is 3.58. The fraction of sp³-hybridized carbons (Fsp3) is 0.320. The number of amides is 1. The van der Waals surface area contributed by atoms with Crippen molar-refractivity contribution in [3.63, 3.8) is 0 Å². The zero-order valence-corrected chi connectivity index (χ0v) is 18.7. The number of hydrogen-bond acceptors (Lipinski definition) is 5. The van der Waals surface area contributed by atoms with Crippen LogP contribution in [0.15, 0.2) is 83.1 Å². The van der Waals surface area contributed by atoms with Gasteiger partial charge in [-0.3, -0.25) is 9.59 Å². The standard InChI is InChI=1S/C25H31N3O3/c1-6-11-20(17-29)22(7-2)23(25(3,4)31-5)28-16-21(15-26-18-28)24(30)27-14-19-12-9-8-10-13-19/h6-13,15,17-18,23H,2,14,16H2,1,3-5H3,(H,27,30)/b11-6-,22-20-. The lowest BCUT2D eigenvalue weighted by Gasteiger charge is -2.42. The Morgan fingerprint density at radius 2 is 2.06 bits per heavy atom. The molecule has 0 saturated heterocycles. The Morgan fingerprint density at radius 3 is 2.65 bits per heavy atom. The minimum Gasteiger partial charge on any atom is -0.376 e. The number of carbonyl (C=O) groups excluding carboxylic acids is 2. The smallest absolute Gasteiger partial charge is 0.250 e. The van der Waals surface area contributed by atoms with Crippen molar-refractivity contribution in [2.45, 2.75) is 39.0 Å². The minimum atomic E-state index is -0.686. The lowest BCUT2D eigenvalue weighted by atomic mass is 9.86. The molecule has 0 fully saturated rings. The van der Waals surface area contributed by atoms with E-state index in [1.165, 1.54) is 0 Å². The maximum atomic E-state index is 12.8. The first-order valence-electron chi connectivity index (χ1n) is 10.2. The highest BCUT2D eigenvalue weighted by atomic mass is 16.5. The first kappa shape index (κ1) is 24.0. The second kappa shape index (κ2) is 11.2. The Bertz CT molecular complexity index is 911. The van der Waals surface area contributed by atoms with Crippen LogP contribution in [0.1, 0.15) is 26.3 Å². The molecule has 1 aliphatic heterocycles. The molecule has 2 rings (SSSR count). The SMILES string of the molecule is C=C/C(=C(C=O)\C=C/C)C(N1C=NC=C(C(=O)NCc2ccccc2)C1)C(C)(C)OC. The maximum Gasteiger partial charge on any atom is 0.250 e. The molecular weight excluding hydrogens is 390 g/mol. The summed E-state index contributed by atoms with van der Waals surface area (Å²) in [4.78, 5) is 30.7. The lowest BCUT2D eigenvalue weighted by Crippen LogP contribution is -2.53. The normalized spacial score (nSPS) is 15.9. The highest BCUT2D eigenvalue weighted by Crippen LogP contribution is 2.29. The van der Waals surface area contributed by atoms with E-state index in [9.17, 15) is 9.59 Å². The molecule has 0 saturated carbocycles. The van der Waals surface area contributed by atoms with Gasteiger partial charge in [-0.05, 0) is 31.9 Å². The maximum absolute atomic E-state index is 12.8. The zero-order chi connectivity index (χ0) is 22.9. The Labute approximate surface area is 184 Å². The van der Waals surface area contributed by atoms with Gasteiger partial charge in [0.2, 0.25) is 0 Å². The number of rotatable bonds is 10. The molecular formula is C25H31N3O3. The van der Waals surface area contributed by atoms with Crippen LogP contribution in [-0.2, 0) is 20.9 Å². The van der Waals surface area contributed by atoms with Gasteiger partial charge in [-0.2, -0.15) is 0 Å². The summed E-state index contributed by atoms with van der Waals surface area (Å²) in [7, 11) is 1.62. The van der Waals surface area contributed by atoms with Crippen LogP contribution in [0.25, 0.3) is 0 Å². The van der Waals surface area contributed by atoms with E-state index in [1.807, 2.05) is 56.0 Å². The van der Waals surface area contributed by atoms with Crippen molar-refractivity contribution in [2.24, 2.45) is 4.99 Å². The predicted molar refractivity (Wildman–Crippen MR) is 125 cm³/mol. The number of aliphatic imine (C=N–C) groups is 1. The van der Waals surface area contributed by atoms with Crippen LogP contribution in [0.4, 0.5) is 0 Å². The molecule has 1 N–H and O–H groups in total. The van der Waals surface area contributed by atoms with Gasteiger partial charge >= 0.3 is 0 Å². The van der Waals surface area contributed by atoms with Crippen molar-refractivity contribution in [2.75, 3.05) is 13.7 Å². The quantitative estimate of drug-likeness (QED) is 0.356. The second-order valence-electron chi connectivity index (χ2n) is 7.70. The number of aldehydes is 1. The number of benzene rings is 1. The van der Waals surface area contributed by atoms with Crippen molar-refractivity contribution in [3.8, 4) is 0 Å². The molecule has 1 aliphatic rings. The van der Waals surface area contributed by atoms with E-state index in [1.54, 1.807) is 37.9 Å². The number of nitrogens with one attached hydrogen (secondary N) is 1. The van der Waals surface area contributed by atoms with Crippen LogP contribution >= 0.6 is 0 Å². The van der Waals surface area contributed by atoms with Gasteiger partial charge in [0.25, 0.3) is 5.91 Å². The summed E-state index contributed by atoms with van der Waals surface area (Å²) >= 11 is 0. The highest BCUT2D eigenvalue weighted by Gasteiger charge is 2.37. The summed E-state index contributed by atoms with van der Waals surface area (Å²) < 4.78 is 5.76. The zero-order valence-electron chi connectivity index (χ0n) is 18.7. The average molecular weight is 422 g/mol. The Balaban J connectivity index is 2.29. The van der Waals surface area contributed by atoms with Crippen molar-refractivity contribution in [3.05, 3.63) is 83.6 Å². The summed E-state index contributed by atoms with van der Waals surface area (Å²) in [5.74, 6) is -0.187. The van der Waals surface area contributed by atoms with Crippen LogP contribution in [0.5, 0.6) is 0 Å². The molecule has 1 atom stereocenters. The Morgan fingerprint density at radius 1 is 1.35 bits per heavy atom. The van der Waals surface area contributed by atoms with Crippen molar-refractivity contribution >= 4 is 18.5 Å². The molecule has 6 heteroatoms. The van der Waals surface area contributed by atoms with Gasteiger partial charge in [-0.15, -0.1) is 0 Å². The summed E-state index contributed by atoms with van der Waals surface area (Å²) in [5, 5.41) is 2.94. The van der Waals surface area contributed by atoms with Gasteiger partial charge in [0.15, 0.2) is 0 Å². The number of nitrogens with zero attached hydrogens (tertiary/aromatic N) is 2. The van der Waals surface area contributed by atoms with E-state index in [-0.39, 0.29) is 11.9 Å². The van der Waals surface area contributed by atoms with Crippen molar-refractivity contribution < 1.29 is 14.3 Å². The van der Waals surface area contributed by atoms with E-state index in [4.69, 9.17) is 4.74 Å². The Kier molecular flexibility index (Phi) is 8.70. The summed E-state index contributed by atoms with van der Waals surface area (Å²) in [5.41, 5.74) is 2.07. The van der Waals surface area contributed by atoms with Crippen LogP contribution in [-0.4, -0.2) is 48.7 Å². The molecule has 6 nitrogen and oxygen atoms in total. The molecule has 31 heavy (non-hydrogen) atoms. The van der Waals surface area contributed by atoms with E-state index in [0.717, 1.165) is 11.8 Å². The molecule has 1 aromatic carbocycles. The molecule has 0 aromatic heterocycles. The molecule has 1 unspecified atom stereocenters. The first-order chi connectivity index (χ1) is 14.9. The van der Waals surface area contributed by atoms with Crippen molar-refractivity contribution in [1.82, 2.24) is 10.2 Å². The van der Waals surface area contributed by atoms with Gasteiger partial charge in [0.05, 0.1) is 30.1 Å². The first-order valence-corrected chi connectivity index (χ1v) is 10.2. The summed E-state index contributed by atoms with van der Waals surface area (Å²) in [6.07, 6.45) is 9.25. The van der Waals surface area contributed by atoms with E-state index in [0.29, 0.717) is 29.8 Å². The highest BCUT2D eigenvalue weighted by molar-refractivity contribution is 5.94. The van der Waals surface area contributed by atoms with Gasteiger partial charge in [-0.25, -0.2) is 4.99 Å². The summed E-state index contributed by atoms with van der Waals surface area (Å²) in [6, 6.07) is 9.33. The number of ether oxygens (including phenoxy) is 1. The molecule has 1 heterocycles. The summed E-state index contributed by atoms with van der Waals surface area (Å²) in [6.45, 7) is 10.4. The largest absolute Gasteiger partial charge is 0.376 e. The van der Waals surface area contributed by atoms with Gasteiger partial charge in [-0.1, -0.05) is 55.1 Å². The lowest BCUT2D eigenvalue weighted by molar-refractivity contribution is -0.118. The Hall–Kier alpha value is -3.25. The van der Waals surface area contributed by atoms with E-state index >= 15 is 0 Å².